The van der Waals surface area contributed by atoms with E-state index in [0.29, 0.717) is 57.3 Å². The Morgan fingerprint density at radius 2 is 1.62 bits per heavy atom. The van der Waals surface area contributed by atoms with Gasteiger partial charge >= 0.3 is 0 Å². The van der Waals surface area contributed by atoms with Gasteiger partial charge in [0.25, 0.3) is 11.8 Å². The van der Waals surface area contributed by atoms with Gasteiger partial charge < -0.3 is 19.3 Å². The Hall–Kier alpha value is -3.00. The zero-order valence-corrected chi connectivity index (χ0v) is 17.8. The monoisotopic (exact) mass is 444 g/mol. The number of ether oxygens (including phenoxy) is 2. The first-order valence-corrected chi connectivity index (χ1v) is 10.9. The second kappa shape index (κ2) is 10.1. The quantitative estimate of drug-likeness (QED) is 0.710. The number of nitrogens with zero attached hydrogens (tertiary/aromatic N) is 2. The maximum atomic E-state index is 14.0. The van der Waals surface area contributed by atoms with Crippen molar-refractivity contribution in [3.63, 3.8) is 0 Å². The summed E-state index contributed by atoms with van der Waals surface area (Å²) in [4.78, 5) is 28.4. The second-order valence-corrected chi connectivity index (χ2v) is 8.10. The van der Waals surface area contributed by atoms with E-state index in [2.05, 4.69) is 0 Å². The zero-order valence-electron chi connectivity index (χ0n) is 17.8. The molecule has 4 rings (SSSR count). The van der Waals surface area contributed by atoms with Gasteiger partial charge in [-0.15, -0.1) is 0 Å². The molecule has 0 radical (unpaired) electrons. The van der Waals surface area contributed by atoms with E-state index in [1.807, 2.05) is 0 Å². The van der Waals surface area contributed by atoms with Crippen LogP contribution >= 0.6 is 0 Å². The van der Waals surface area contributed by atoms with Gasteiger partial charge in [0, 0.05) is 37.7 Å². The standard InChI is InChI=1S/C24H26F2N2O4/c25-20-4-1-5-21(26)22(20)24(30)28-10-2-3-17(15-28)16-32-19-8-6-18(7-9-19)23(29)27-11-13-31-14-12-27/h1,4-9,17H,2-3,10-16H2. The second-order valence-electron chi connectivity index (χ2n) is 8.10. The van der Waals surface area contributed by atoms with Crippen molar-refractivity contribution in [1.82, 2.24) is 9.80 Å². The van der Waals surface area contributed by atoms with Crippen LogP contribution in [0.1, 0.15) is 33.6 Å². The van der Waals surface area contributed by atoms with Crippen molar-refractivity contribution in [3.05, 3.63) is 65.2 Å². The van der Waals surface area contributed by atoms with Gasteiger partial charge in [0.05, 0.1) is 19.8 Å². The number of halogens is 2. The summed E-state index contributed by atoms with van der Waals surface area (Å²) in [6.45, 7) is 3.49. The first-order chi connectivity index (χ1) is 15.5. The van der Waals surface area contributed by atoms with Crippen molar-refractivity contribution in [2.75, 3.05) is 46.0 Å². The van der Waals surface area contributed by atoms with E-state index in [4.69, 9.17) is 9.47 Å². The molecule has 2 saturated heterocycles. The molecule has 2 aromatic rings. The van der Waals surface area contributed by atoms with Crippen LogP contribution in [-0.2, 0) is 4.74 Å². The number of amides is 2. The summed E-state index contributed by atoms with van der Waals surface area (Å²) in [6, 6.07) is 10.4. The molecule has 8 heteroatoms. The molecule has 170 valence electrons. The maximum Gasteiger partial charge on any atom is 0.259 e. The minimum absolute atomic E-state index is 0.0262. The van der Waals surface area contributed by atoms with Crippen LogP contribution in [0.4, 0.5) is 8.78 Å². The van der Waals surface area contributed by atoms with Crippen molar-refractivity contribution < 1.29 is 27.8 Å². The molecule has 1 atom stereocenters. The highest BCUT2D eigenvalue weighted by Gasteiger charge is 2.28. The lowest BCUT2D eigenvalue weighted by atomic mass is 9.98. The average molecular weight is 444 g/mol. The van der Waals surface area contributed by atoms with Crippen LogP contribution in [0.5, 0.6) is 5.75 Å². The lowest BCUT2D eigenvalue weighted by Crippen LogP contribution is -2.42. The molecule has 0 saturated carbocycles. The van der Waals surface area contributed by atoms with E-state index in [0.717, 1.165) is 25.0 Å². The molecule has 1 unspecified atom stereocenters. The SMILES string of the molecule is O=C(c1ccc(OCC2CCCN(C(=O)c3c(F)cccc3F)C2)cc1)N1CCOCC1. The molecule has 2 aliphatic heterocycles. The molecule has 2 aromatic carbocycles. The molecule has 2 aliphatic rings. The summed E-state index contributed by atoms with van der Waals surface area (Å²) in [6.07, 6.45) is 1.60. The van der Waals surface area contributed by atoms with Gasteiger partial charge in [-0.1, -0.05) is 6.07 Å². The molecule has 2 fully saturated rings. The number of benzene rings is 2. The maximum absolute atomic E-state index is 14.0. The van der Waals surface area contributed by atoms with E-state index in [9.17, 15) is 18.4 Å². The van der Waals surface area contributed by atoms with E-state index in [-0.39, 0.29) is 11.8 Å². The summed E-state index contributed by atoms with van der Waals surface area (Å²) in [7, 11) is 0. The van der Waals surface area contributed by atoms with Crippen LogP contribution in [0.25, 0.3) is 0 Å². The first-order valence-electron chi connectivity index (χ1n) is 10.9. The van der Waals surface area contributed by atoms with Gasteiger partial charge in [-0.3, -0.25) is 9.59 Å². The fraction of sp³-hybridized carbons (Fsp3) is 0.417. The van der Waals surface area contributed by atoms with Crippen LogP contribution in [-0.4, -0.2) is 67.6 Å². The fourth-order valence-electron chi connectivity index (χ4n) is 4.10. The van der Waals surface area contributed by atoms with Crippen molar-refractivity contribution in [2.45, 2.75) is 12.8 Å². The topological polar surface area (TPSA) is 59.1 Å². The molecular formula is C24H26F2N2O4. The van der Waals surface area contributed by atoms with Gasteiger partial charge in [0.15, 0.2) is 0 Å². The highest BCUT2D eigenvalue weighted by atomic mass is 19.1. The Kier molecular flexibility index (Phi) is 6.99. The molecule has 2 amide bonds. The molecule has 0 spiro atoms. The van der Waals surface area contributed by atoms with Gasteiger partial charge in [0.1, 0.15) is 22.9 Å². The summed E-state index contributed by atoms with van der Waals surface area (Å²) >= 11 is 0. The molecule has 0 aliphatic carbocycles. The minimum Gasteiger partial charge on any atom is -0.493 e. The van der Waals surface area contributed by atoms with Crippen molar-refractivity contribution >= 4 is 11.8 Å². The third-order valence-corrected chi connectivity index (χ3v) is 5.87. The van der Waals surface area contributed by atoms with E-state index >= 15 is 0 Å². The molecular weight excluding hydrogens is 418 g/mol. The minimum atomic E-state index is -0.847. The zero-order chi connectivity index (χ0) is 22.5. The number of rotatable bonds is 5. The number of hydrogen-bond donors (Lipinski definition) is 0. The van der Waals surface area contributed by atoms with Crippen LogP contribution in [0.3, 0.4) is 0 Å². The number of carbonyl (C=O) groups is 2. The summed E-state index contributed by atoms with van der Waals surface area (Å²) < 4.78 is 39.1. The lowest BCUT2D eigenvalue weighted by Gasteiger charge is -2.32. The molecule has 0 aromatic heterocycles. The fourth-order valence-corrected chi connectivity index (χ4v) is 4.10. The van der Waals surface area contributed by atoms with Crippen LogP contribution in [0.15, 0.2) is 42.5 Å². The molecule has 0 bridgehead atoms. The Morgan fingerprint density at radius 3 is 2.31 bits per heavy atom. The van der Waals surface area contributed by atoms with E-state index in [1.165, 1.54) is 11.0 Å². The van der Waals surface area contributed by atoms with Gasteiger partial charge in [-0.05, 0) is 49.2 Å². The Balaban J connectivity index is 1.32. The predicted molar refractivity (Wildman–Crippen MR) is 114 cm³/mol. The Morgan fingerprint density at radius 1 is 0.938 bits per heavy atom. The number of hydrogen-bond acceptors (Lipinski definition) is 4. The van der Waals surface area contributed by atoms with Crippen molar-refractivity contribution in [2.24, 2.45) is 5.92 Å². The van der Waals surface area contributed by atoms with Gasteiger partial charge in [0.2, 0.25) is 0 Å². The largest absolute Gasteiger partial charge is 0.493 e. The molecule has 2 heterocycles. The van der Waals surface area contributed by atoms with Crippen molar-refractivity contribution in [1.29, 1.82) is 0 Å². The van der Waals surface area contributed by atoms with Crippen LogP contribution in [0, 0.1) is 17.6 Å². The Labute approximate surface area is 185 Å². The lowest BCUT2D eigenvalue weighted by molar-refractivity contribution is 0.0303. The third-order valence-electron chi connectivity index (χ3n) is 5.87. The van der Waals surface area contributed by atoms with E-state index in [1.54, 1.807) is 29.2 Å². The highest BCUT2D eigenvalue weighted by molar-refractivity contribution is 5.95. The molecule has 0 N–H and O–H groups in total. The summed E-state index contributed by atoms with van der Waals surface area (Å²) in [5, 5.41) is 0. The predicted octanol–water partition coefficient (Wildman–Crippen LogP) is 3.37. The van der Waals surface area contributed by atoms with Crippen molar-refractivity contribution in [3.8, 4) is 5.75 Å². The number of morpholine rings is 1. The highest BCUT2D eigenvalue weighted by Crippen LogP contribution is 2.23. The summed E-state index contributed by atoms with van der Waals surface area (Å²) in [5.74, 6) is -1.66. The molecule has 6 nitrogen and oxygen atoms in total. The smallest absolute Gasteiger partial charge is 0.259 e. The van der Waals surface area contributed by atoms with Crippen LogP contribution < -0.4 is 4.74 Å². The first kappa shape index (κ1) is 22.2. The van der Waals surface area contributed by atoms with Gasteiger partial charge in [-0.25, -0.2) is 8.78 Å². The Bertz CT molecular complexity index is 941. The van der Waals surface area contributed by atoms with Gasteiger partial charge in [-0.2, -0.15) is 0 Å². The average Bonchev–Trinajstić information content (AvgIpc) is 2.83. The molecule has 32 heavy (non-hydrogen) atoms. The normalized spacial score (nSPS) is 19.0. The number of likely N-dealkylation sites (tertiary alicyclic amines) is 1. The van der Waals surface area contributed by atoms with Crippen LogP contribution in [0.2, 0.25) is 0 Å². The number of carbonyl (C=O) groups excluding carboxylic acids is 2. The summed E-state index contributed by atoms with van der Waals surface area (Å²) in [5.41, 5.74) is 0.0928. The van der Waals surface area contributed by atoms with E-state index < -0.39 is 23.1 Å². The number of piperidine rings is 1. The third kappa shape index (κ3) is 5.07.